The van der Waals surface area contributed by atoms with E-state index in [1.807, 2.05) is 6.07 Å². The highest BCUT2D eigenvalue weighted by atomic mass is 79.9. The minimum atomic E-state index is 0.476. The molecule has 0 atom stereocenters. The average molecular weight is 235 g/mol. The maximum atomic E-state index is 8.61. The smallest absolute Gasteiger partial charge is 0.101 e. The zero-order chi connectivity index (χ0) is 9.68. The first-order valence-electron chi connectivity index (χ1n) is 3.62. The van der Waals surface area contributed by atoms with Crippen molar-refractivity contribution < 1.29 is 0 Å². The van der Waals surface area contributed by atoms with Gasteiger partial charge in [-0.1, -0.05) is 27.8 Å². The summed E-state index contributed by atoms with van der Waals surface area (Å²) in [7, 11) is 0. The van der Waals surface area contributed by atoms with Crippen LogP contribution in [0.4, 0.5) is 5.69 Å². The SMILES string of the molecule is N#Cc1ccc(C#CCBr)cc1N. The third-order valence-electron chi connectivity index (χ3n) is 1.47. The Morgan fingerprint density at radius 3 is 2.77 bits per heavy atom. The molecular formula is C10H7BrN2. The number of rotatable bonds is 0. The van der Waals surface area contributed by atoms with Gasteiger partial charge in [0.15, 0.2) is 0 Å². The molecule has 1 aromatic carbocycles. The largest absolute Gasteiger partial charge is 0.398 e. The van der Waals surface area contributed by atoms with E-state index in [1.165, 1.54) is 0 Å². The summed E-state index contributed by atoms with van der Waals surface area (Å²) in [5.41, 5.74) is 7.40. The van der Waals surface area contributed by atoms with E-state index in [-0.39, 0.29) is 0 Å². The van der Waals surface area contributed by atoms with Gasteiger partial charge in [-0.15, -0.1) is 0 Å². The fourth-order valence-electron chi connectivity index (χ4n) is 0.878. The van der Waals surface area contributed by atoms with E-state index < -0.39 is 0 Å². The number of anilines is 1. The number of benzene rings is 1. The third kappa shape index (κ3) is 2.50. The van der Waals surface area contributed by atoms with E-state index in [0.717, 1.165) is 5.56 Å². The number of nitrogens with zero attached hydrogens (tertiary/aromatic N) is 1. The van der Waals surface area contributed by atoms with Crippen molar-refractivity contribution in [2.24, 2.45) is 0 Å². The topological polar surface area (TPSA) is 49.8 Å². The van der Waals surface area contributed by atoms with Crippen LogP contribution in [0.1, 0.15) is 11.1 Å². The molecule has 0 bridgehead atoms. The van der Waals surface area contributed by atoms with Gasteiger partial charge in [0.05, 0.1) is 16.6 Å². The number of hydrogen-bond acceptors (Lipinski definition) is 2. The molecule has 0 aromatic heterocycles. The van der Waals surface area contributed by atoms with Crippen LogP contribution in [0.25, 0.3) is 0 Å². The van der Waals surface area contributed by atoms with Crippen molar-refractivity contribution >= 4 is 21.6 Å². The Morgan fingerprint density at radius 2 is 2.23 bits per heavy atom. The normalized spacial score (nSPS) is 8.31. The molecule has 3 heteroatoms. The molecule has 0 heterocycles. The van der Waals surface area contributed by atoms with Crippen molar-refractivity contribution in [2.75, 3.05) is 11.1 Å². The summed E-state index contributed by atoms with van der Waals surface area (Å²) in [5, 5.41) is 9.24. The molecule has 0 fully saturated rings. The highest BCUT2D eigenvalue weighted by Crippen LogP contribution is 2.11. The summed E-state index contributed by atoms with van der Waals surface area (Å²) >= 11 is 3.20. The summed E-state index contributed by atoms with van der Waals surface area (Å²) in [6, 6.07) is 7.16. The molecule has 0 aliphatic rings. The molecule has 0 radical (unpaired) electrons. The van der Waals surface area contributed by atoms with Gasteiger partial charge < -0.3 is 5.73 Å². The molecule has 0 spiro atoms. The van der Waals surface area contributed by atoms with E-state index in [1.54, 1.807) is 18.2 Å². The van der Waals surface area contributed by atoms with Gasteiger partial charge in [-0.25, -0.2) is 0 Å². The second kappa shape index (κ2) is 4.54. The molecule has 1 aromatic rings. The van der Waals surface area contributed by atoms with E-state index in [9.17, 15) is 0 Å². The highest BCUT2D eigenvalue weighted by Gasteiger charge is 1.96. The molecule has 0 aliphatic heterocycles. The van der Waals surface area contributed by atoms with Gasteiger partial charge in [0.1, 0.15) is 6.07 Å². The molecule has 64 valence electrons. The Morgan fingerprint density at radius 1 is 1.46 bits per heavy atom. The van der Waals surface area contributed by atoms with Gasteiger partial charge in [-0.2, -0.15) is 5.26 Å². The van der Waals surface area contributed by atoms with Gasteiger partial charge in [0.2, 0.25) is 0 Å². The Balaban J connectivity index is 3.04. The second-order valence-corrected chi connectivity index (χ2v) is 2.91. The van der Waals surface area contributed by atoms with Crippen molar-refractivity contribution in [3.63, 3.8) is 0 Å². The minimum absolute atomic E-state index is 0.476. The third-order valence-corrected chi connectivity index (χ3v) is 1.75. The van der Waals surface area contributed by atoms with Crippen LogP contribution in [0.2, 0.25) is 0 Å². The molecule has 0 aliphatic carbocycles. The fraction of sp³-hybridized carbons (Fsp3) is 0.100. The van der Waals surface area contributed by atoms with E-state index in [2.05, 4.69) is 27.8 Å². The summed E-state index contributed by atoms with van der Waals surface area (Å²) in [6.45, 7) is 0. The molecule has 0 saturated carbocycles. The van der Waals surface area contributed by atoms with E-state index >= 15 is 0 Å². The van der Waals surface area contributed by atoms with E-state index in [0.29, 0.717) is 16.6 Å². The lowest BCUT2D eigenvalue weighted by atomic mass is 10.1. The number of nitrogens with two attached hydrogens (primary N) is 1. The molecule has 0 unspecified atom stereocenters. The maximum absolute atomic E-state index is 8.61. The summed E-state index contributed by atoms with van der Waals surface area (Å²) in [6.07, 6.45) is 0. The maximum Gasteiger partial charge on any atom is 0.101 e. The first-order chi connectivity index (χ1) is 6.27. The summed E-state index contributed by atoms with van der Waals surface area (Å²) in [4.78, 5) is 0. The minimum Gasteiger partial charge on any atom is -0.398 e. The lowest BCUT2D eigenvalue weighted by molar-refractivity contribution is 1.48. The molecular weight excluding hydrogens is 228 g/mol. The van der Waals surface area contributed by atoms with Gasteiger partial charge >= 0.3 is 0 Å². The van der Waals surface area contributed by atoms with Crippen LogP contribution in [0.3, 0.4) is 0 Å². The summed E-state index contributed by atoms with van der Waals surface area (Å²) in [5.74, 6) is 5.76. The Bertz CT molecular complexity index is 407. The zero-order valence-corrected chi connectivity index (χ0v) is 8.43. The Kier molecular flexibility index (Phi) is 3.37. The first kappa shape index (κ1) is 9.64. The highest BCUT2D eigenvalue weighted by molar-refractivity contribution is 9.09. The monoisotopic (exact) mass is 234 g/mol. The van der Waals surface area contributed by atoms with Crippen LogP contribution in [-0.2, 0) is 0 Å². The van der Waals surface area contributed by atoms with Crippen LogP contribution in [0, 0.1) is 23.2 Å². The van der Waals surface area contributed by atoms with Crippen molar-refractivity contribution in [3.8, 4) is 17.9 Å². The van der Waals surface area contributed by atoms with Crippen molar-refractivity contribution in [1.29, 1.82) is 5.26 Å². The quantitative estimate of drug-likeness (QED) is 0.424. The second-order valence-electron chi connectivity index (χ2n) is 2.35. The Labute approximate surface area is 85.5 Å². The first-order valence-corrected chi connectivity index (χ1v) is 4.74. The van der Waals surface area contributed by atoms with Crippen LogP contribution >= 0.6 is 15.9 Å². The lowest BCUT2D eigenvalue weighted by Gasteiger charge is -1.96. The standard InChI is InChI=1S/C10H7BrN2/c11-5-1-2-8-3-4-9(7-12)10(13)6-8/h3-4,6H,5,13H2. The van der Waals surface area contributed by atoms with Gasteiger partial charge in [-0.3, -0.25) is 0 Å². The zero-order valence-electron chi connectivity index (χ0n) is 6.84. The predicted molar refractivity (Wildman–Crippen MR) is 56.2 cm³/mol. The molecule has 13 heavy (non-hydrogen) atoms. The summed E-state index contributed by atoms with van der Waals surface area (Å²) < 4.78 is 0. The number of halogens is 1. The molecule has 0 saturated heterocycles. The van der Waals surface area contributed by atoms with Crippen molar-refractivity contribution in [2.45, 2.75) is 0 Å². The Hall–Kier alpha value is -1.45. The van der Waals surface area contributed by atoms with Crippen LogP contribution in [-0.4, -0.2) is 5.33 Å². The molecule has 1 rings (SSSR count). The van der Waals surface area contributed by atoms with Gasteiger partial charge in [0, 0.05) is 5.56 Å². The van der Waals surface area contributed by atoms with Crippen LogP contribution < -0.4 is 5.73 Å². The molecule has 2 nitrogen and oxygen atoms in total. The van der Waals surface area contributed by atoms with Crippen LogP contribution in [0.5, 0.6) is 0 Å². The predicted octanol–water partition coefficient (Wildman–Crippen LogP) is 1.89. The number of nitriles is 1. The molecule has 2 N–H and O–H groups in total. The van der Waals surface area contributed by atoms with Gasteiger partial charge in [0.25, 0.3) is 0 Å². The van der Waals surface area contributed by atoms with Crippen LogP contribution in [0.15, 0.2) is 18.2 Å². The molecule has 0 amide bonds. The van der Waals surface area contributed by atoms with Crippen molar-refractivity contribution in [1.82, 2.24) is 0 Å². The number of hydrogen-bond donors (Lipinski definition) is 1. The van der Waals surface area contributed by atoms with E-state index in [4.69, 9.17) is 11.0 Å². The van der Waals surface area contributed by atoms with Crippen molar-refractivity contribution in [3.05, 3.63) is 29.3 Å². The van der Waals surface area contributed by atoms with Gasteiger partial charge in [-0.05, 0) is 18.2 Å². The average Bonchev–Trinajstić information content (AvgIpc) is 2.15. The fourth-order valence-corrected chi connectivity index (χ4v) is 1.02. The lowest BCUT2D eigenvalue weighted by Crippen LogP contribution is -1.90. The number of alkyl halides is 1. The number of nitrogen functional groups attached to an aromatic ring is 1.